The predicted molar refractivity (Wildman–Crippen MR) is 86.1 cm³/mol. The van der Waals surface area contributed by atoms with Crippen LogP contribution in [0.25, 0.3) is 10.9 Å². The molecule has 5 heteroatoms. The van der Waals surface area contributed by atoms with Gasteiger partial charge in [0, 0.05) is 43.8 Å². The summed E-state index contributed by atoms with van der Waals surface area (Å²) in [6, 6.07) is 8.46. The van der Waals surface area contributed by atoms with Crippen LogP contribution in [0.1, 0.15) is 11.3 Å². The van der Waals surface area contributed by atoms with E-state index >= 15 is 0 Å². The van der Waals surface area contributed by atoms with Gasteiger partial charge in [0.25, 0.3) is 0 Å². The highest BCUT2D eigenvalue weighted by atomic mass is 16.5. The summed E-state index contributed by atoms with van der Waals surface area (Å²) in [5.74, 6) is 0.748. The maximum atomic E-state index is 5.85. The van der Waals surface area contributed by atoms with E-state index in [4.69, 9.17) is 9.73 Å². The Balaban J connectivity index is 1.63. The first-order valence-electron chi connectivity index (χ1n) is 7.42. The molecule has 0 N–H and O–H groups in total. The number of hydrogen-bond donors (Lipinski definition) is 0. The molecule has 0 amide bonds. The minimum atomic E-state index is 0.142. The van der Waals surface area contributed by atoms with Crippen LogP contribution < -0.4 is 0 Å². The summed E-state index contributed by atoms with van der Waals surface area (Å²) in [5, 5.41) is 1.18. The van der Waals surface area contributed by atoms with Gasteiger partial charge in [0.2, 0.25) is 5.90 Å². The molecule has 0 aliphatic carbocycles. The molecule has 3 heterocycles. The van der Waals surface area contributed by atoms with Crippen molar-refractivity contribution in [3.8, 4) is 0 Å². The molecule has 0 fully saturated rings. The number of para-hydroxylation sites is 1. The fourth-order valence-corrected chi connectivity index (χ4v) is 2.99. The van der Waals surface area contributed by atoms with E-state index in [1.54, 1.807) is 0 Å². The molecule has 112 valence electrons. The second kappa shape index (κ2) is 5.02. The highest BCUT2D eigenvalue weighted by Crippen LogP contribution is 2.24. The van der Waals surface area contributed by atoms with Crippen molar-refractivity contribution in [1.82, 2.24) is 14.1 Å². The van der Waals surface area contributed by atoms with Crippen molar-refractivity contribution in [2.75, 3.05) is 6.61 Å². The quantitative estimate of drug-likeness (QED) is 0.744. The molecule has 0 radical (unpaired) electrons. The third-order valence-electron chi connectivity index (χ3n) is 4.04. The van der Waals surface area contributed by atoms with E-state index in [-0.39, 0.29) is 6.04 Å². The minimum Gasteiger partial charge on any atom is -0.475 e. The fraction of sp³-hybridized carbons (Fsp3) is 0.294. The average Bonchev–Trinajstić information content (AvgIpc) is 3.21. The maximum Gasteiger partial charge on any atom is 0.218 e. The number of hydrogen-bond acceptors (Lipinski definition) is 3. The number of aryl methyl sites for hydroxylation is 2. The Bertz CT molecular complexity index is 859. The first kappa shape index (κ1) is 13.1. The van der Waals surface area contributed by atoms with Crippen molar-refractivity contribution in [2.45, 2.75) is 12.5 Å². The number of rotatable bonds is 3. The lowest BCUT2D eigenvalue weighted by Crippen LogP contribution is -2.10. The summed E-state index contributed by atoms with van der Waals surface area (Å²) >= 11 is 0. The number of ether oxygens (including phenoxy) is 1. The van der Waals surface area contributed by atoms with Crippen molar-refractivity contribution < 1.29 is 4.74 Å². The molecular formula is C17H18N4O. The van der Waals surface area contributed by atoms with Gasteiger partial charge >= 0.3 is 0 Å². The SMILES string of the molecule is Cn1cnc(CC2COC(c3cn(C)c4ccccc34)=N2)c1. The molecule has 1 aromatic carbocycles. The Morgan fingerprint density at radius 1 is 1.23 bits per heavy atom. The number of benzene rings is 1. The van der Waals surface area contributed by atoms with Crippen LogP contribution in [-0.4, -0.2) is 32.7 Å². The summed E-state index contributed by atoms with van der Waals surface area (Å²) < 4.78 is 9.93. The van der Waals surface area contributed by atoms with E-state index in [2.05, 4.69) is 27.9 Å². The lowest BCUT2D eigenvalue weighted by atomic mass is 10.1. The summed E-state index contributed by atoms with van der Waals surface area (Å²) in [4.78, 5) is 9.12. The van der Waals surface area contributed by atoms with Gasteiger partial charge in [-0.2, -0.15) is 0 Å². The Hall–Kier alpha value is -2.56. The van der Waals surface area contributed by atoms with Crippen LogP contribution in [0.15, 0.2) is 48.0 Å². The van der Waals surface area contributed by atoms with Gasteiger partial charge in [0.15, 0.2) is 0 Å². The second-order valence-corrected chi connectivity index (χ2v) is 5.80. The van der Waals surface area contributed by atoms with Crippen LogP contribution in [0.3, 0.4) is 0 Å². The van der Waals surface area contributed by atoms with Crippen LogP contribution in [-0.2, 0) is 25.3 Å². The zero-order valence-corrected chi connectivity index (χ0v) is 12.7. The molecule has 1 aliphatic heterocycles. The standard InChI is InChI=1S/C17H18N4O/c1-20-8-12(18-11-20)7-13-10-22-17(19-13)15-9-21(2)16-6-4-3-5-14(15)16/h3-6,8-9,11,13H,7,10H2,1-2H3. The van der Waals surface area contributed by atoms with Crippen molar-refractivity contribution in [2.24, 2.45) is 19.1 Å². The number of nitrogens with zero attached hydrogens (tertiary/aromatic N) is 4. The van der Waals surface area contributed by atoms with Gasteiger partial charge in [-0.3, -0.25) is 0 Å². The first-order valence-corrected chi connectivity index (χ1v) is 7.42. The van der Waals surface area contributed by atoms with Crippen LogP contribution in [0.2, 0.25) is 0 Å². The van der Waals surface area contributed by atoms with Gasteiger partial charge in [0.05, 0.1) is 23.6 Å². The van der Waals surface area contributed by atoms with Gasteiger partial charge in [-0.1, -0.05) is 18.2 Å². The highest BCUT2D eigenvalue weighted by molar-refractivity contribution is 6.07. The molecule has 2 aromatic heterocycles. The lowest BCUT2D eigenvalue weighted by Gasteiger charge is -2.00. The van der Waals surface area contributed by atoms with Gasteiger partial charge in [-0.05, 0) is 6.07 Å². The molecule has 1 atom stereocenters. The number of aliphatic imine (C=N–C) groups is 1. The highest BCUT2D eigenvalue weighted by Gasteiger charge is 2.23. The number of aromatic nitrogens is 3. The van der Waals surface area contributed by atoms with E-state index in [0.717, 1.165) is 23.6 Å². The normalized spacial score (nSPS) is 17.7. The first-order chi connectivity index (χ1) is 10.7. The fourth-order valence-electron chi connectivity index (χ4n) is 2.99. The van der Waals surface area contributed by atoms with E-state index in [0.29, 0.717) is 6.61 Å². The molecule has 0 spiro atoms. The lowest BCUT2D eigenvalue weighted by molar-refractivity contribution is 0.316. The van der Waals surface area contributed by atoms with Gasteiger partial charge in [-0.15, -0.1) is 0 Å². The summed E-state index contributed by atoms with van der Waals surface area (Å²) in [6.45, 7) is 0.620. The van der Waals surface area contributed by atoms with Crippen LogP contribution in [0.5, 0.6) is 0 Å². The zero-order chi connectivity index (χ0) is 15.1. The molecule has 0 bridgehead atoms. The van der Waals surface area contributed by atoms with E-state index in [9.17, 15) is 0 Å². The largest absolute Gasteiger partial charge is 0.475 e. The number of imidazole rings is 1. The van der Waals surface area contributed by atoms with Crippen molar-refractivity contribution in [1.29, 1.82) is 0 Å². The topological polar surface area (TPSA) is 44.3 Å². The Kier molecular flexibility index (Phi) is 2.99. The maximum absolute atomic E-state index is 5.85. The smallest absolute Gasteiger partial charge is 0.218 e. The van der Waals surface area contributed by atoms with Crippen LogP contribution >= 0.6 is 0 Å². The van der Waals surface area contributed by atoms with Gasteiger partial charge in [-0.25, -0.2) is 9.98 Å². The summed E-state index contributed by atoms with van der Waals surface area (Å²) in [6.07, 6.45) is 6.76. The van der Waals surface area contributed by atoms with E-state index in [1.807, 2.05) is 43.3 Å². The summed E-state index contributed by atoms with van der Waals surface area (Å²) in [7, 11) is 4.03. The third kappa shape index (κ3) is 2.19. The molecular weight excluding hydrogens is 276 g/mol. The molecule has 0 saturated carbocycles. The van der Waals surface area contributed by atoms with Gasteiger partial charge < -0.3 is 13.9 Å². The monoisotopic (exact) mass is 294 g/mol. The third-order valence-corrected chi connectivity index (χ3v) is 4.04. The molecule has 22 heavy (non-hydrogen) atoms. The van der Waals surface area contributed by atoms with E-state index < -0.39 is 0 Å². The Labute approximate surface area is 128 Å². The Morgan fingerprint density at radius 2 is 2.09 bits per heavy atom. The molecule has 3 aromatic rings. The van der Waals surface area contributed by atoms with Gasteiger partial charge in [0.1, 0.15) is 6.61 Å². The second-order valence-electron chi connectivity index (χ2n) is 5.80. The van der Waals surface area contributed by atoms with Crippen molar-refractivity contribution in [3.63, 3.8) is 0 Å². The average molecular weight is 294 g/mol. The molecule has 0 saturated heterocycles. The van der Waals surface area contributed by atoms with Crippen LogP contribution in [0.4, 0.5) is 0 Å². The molecule has 1 aliphatic rings. The van der Waals surface area contributed by atoms with Crippen molar-refractivity contribution in [3.05, 3.63) is 54.2 Å². The number of fused-ring (bicyclic) bond motifs is 1. The van der Waals surface area contributed by atoms with E-state index in [1.165, 1.54) is 10.9 Å². The Morgan fingerprint density at radius 3 is 2.91 bits per heavy atom. The predicted octanol–water partition coefficient (Wildman–Crippen LogP) is 2.30. The molecule has 1 unspecified atom stereocenters. The molecule has 4 rings (SSSR count). The van der Waals surface area contributed by atoms with Crippen molar-refractivity contribution >= 4 is 16.8 Å². The summed E-state index contributed by atoms with van der Waals surface area (Å²) in [5.41, 5.74) is 3.32. The molecule has 5 nitrogen and oxygen atoms in total. The minimum absolute atomic E-state index is 0.142. The van der Waals surface area contributed by atoms with Crippen LogP contribution in [0, 0.1) is 0 Å². The zero-order valence-electron chi connectivity index (χ0n) is 12.7.